The van der Waals surface area contributed by atoms with E-state index in [2.05, 4.69) is 4.98 Å². The van der Waals surface area contributed by atoms with E-state index in [4.69, 9.17) is 4.42 Å². The number of pyridine rings is 1. The minimum Gasteiger partial charge on any atom is -0.464 e. The number of nitrogens with zero attached hydrogens (tertiary/aromatic N) is 2. The minimum absolute atomic E-state index is 0.211. The van der Waals surface area contributed by atoms with Gasteiger partial charge in [0.25, 0.3) is 5.95 Å². The Morgan fingerprint density at radius 3 is 2.56 bits per heavy atom. The molecule has 0 saturated heterocycles. The summed E-state index contributed by atoms with van der Waals surface area (Å²) in [6.07, 6.45) is 0. The third kappa shape index (κ3) is 2.47. The van der Waals surface area contributed by atoms with Crippen LogP contribution in [0.15, 0.2) is 22.6 Å². The molecule has 6 heteroatoms. The van der Waals surface area contributed by atoms with E-state index in [1.807, 2.05) is 0 Å². The van der Waals surface area contributed by atoms with Gasteiger partial charge < -0.3 is 9.32 Å². The Morgan fingerprint density at radius 1 is 1.22 bits per heavy atom. The van der Waals surface area contributed by atoms with Gasteiger partial charge in [0.05, 0.1) is 6.54 Å². The zero-order valence-corrected chi connectivity index (χ0v) is 9.88. The van der Waals surface area contributed by atoms with Gasteiger partial charge in [0.15, 0.2) is 17.5 Å². The highest BCUT2D eigenvalue weighted by atomic mass is 19.2. The summed E-state index contributed by atoms with van der Waals surface area (Å²) in [5, 5.41) is 0. The molecule has 0 aliphatic heterocycles. The number of hydrogen-bond acceptors (Lipinski definition) is 3. The van der Waals surface area contributed by atoms with Gasteiger partial charge in [-0.1, -0.05) is 0 Å². The lowest BCUT2D eigenvalue weighted by atomic mass is 10.3. The molecule has 0 amide bonds. The van der Waals surface area contributed by atoms with Crippen LogP contribution in [0, 0.1) is 24.5 Å². The van der Waals surface area contributed by atoms with Crippen LogP contribution in [0.4, 0.5) is 19.0 Å². The van der Waals surface area contributed by atoms with Gasteiger partial charge in [-0.2, -0.15) is 9.37 Å². The van der Waals surface area contributed by atoms with Crippen molar-refractivity contribution in [1.29, 1.82) is 0 Å². The first-order chi connectivity index (χ1) is 8.47. The van der Waals surface area contributed by atoms with E-state index in [-0.39, 0.29) is 12.4 Å². The Morgan fingerprint density at radius 2 is 1.94 bits per heavy atom. The molecule has 0 aliphatic carbocycles. The molecule has 0 radical (unpaired) electrons. The largest absolute Gasteiger partial charge is 0.464 e. The van der Waals surface area contributed by atoms with E-state index in [1.54, 1.807) is 19.1 Å². The van der Waals surface area contributed by atoms with Crippen LogP contribution in [-0.4, -0.2) is 12.0 Å². The van der Waals surface area contributed by atoms with Gasteiger partial charge in [-0.25, -0.2) is 8.78 Å². The number of hydrogen-bond donors (Lipinski definition) is 0. The first kappa shape index (κ1) is 12.5. The van der Waals surface area contributed by atoms with Gasteiger partial charge in [0, 0.05) is 13.1 Å². The van der Waals surface area contributed by atoms with Crippen molar-refractivity contribution in [1.82, 2.24) is 4.98 Å². The van der Waals surface area contributed by atoms with E-state index in [0.717, 1.165) is 5.76 Å². The van der Waals surface area contributed by atoms with Crippen LogP contribution in [0.2, 0.25) is 0 Å². The van der Waals surface area contributed by atoms with Crippen molar-refractivity contribution in [2.24, 2.45) is 0 Å². The summed E-state index contributed by atoms with van der Waals surface area (Å²) < 4.78 is 44.5. The Labute approximate surface area is 102 Å². The van der Waals surface area contributed by atoms with Crippen molar-refractivity contribution >= 4 is 5.82 Å². The lowest BCUT2D eigenvalue weighted by molar-refractivity contribution is 0.458. The summed E-state index contributed by atoms with van der Waals surface area (Å²) in [6.45, 7) is 1.99. The highest BCUT2D eigenvalue weighted by Gasteiger charge is 2.16. The molecule has 0 N–H and O–H groups in total. The first-order valence-electron chi connectivity index (χ1n) is 5.25. The maximum Gasteiger partial charge on any atom is 0.251 e. The quantitative estimate of drug-likeness (QED) is 0.790. The molecular formula is C12H11F3N2O. The second-order valence-electron chi connectivity index (χ2n) is 3.93. The second-order valence-corrected chi connectivity index (χ2v) is 3.93. The van der Waals surface area contributed by atoms with Crippen LogP contribution >= 0.6 is 0 Å². The maximum atomic E-state index is 13.4. The normalized spacial score (nSPS) is 10.7. The summed E-state index contributed by atoms with van der Waals surface area (Å²) >= 11 is 0. The Kier molecular flexibility index (Phi) is 3.27. The highest BCUT2D eigenvalue weighted by Crippen LogP contribution is 2.20. The molecular weight excluding hydrogens is 245 g/mol. The van der Waals surface area contributed by atoms with Gasteiger partial charge in [-0.15, -0.1) is 0 Å². The molecule has 0 bridgehead atoms. The SMILES string of the molecule is Cc1ccc(CN(C)c2nc(F)c(F)cc2F)o1. The lowest BCUT2D eigenvalue weighted by Gasteiger charge is -2.17. The van der Waals surface area contributed by atoms with Crippen LogP contribution < -0.4 is 4.90 Å². The highest BCUT2D eigenvalue weighted by molar-refractivity contribution is 5.39. The van der Waals surface area contributed by atoms with Crippen LogP contribution in [0.1, 0.15) is 11.5 Å². The van der Waals surface area contributed by atoms with E-state index < -0.39 is 17.6 Å². The van der Waals surface area contributed by atoms with Crippen molar-refractivity contribution in [3.63, 3.8) is 0 Å². The van der Waals surface area contributed by atoms with Crippen molar-refractivity contribution in [2.75, 3.05) is 11.9 Å². The number of furan rings is 1. The monoisotopic (exact) mass is 256 g/mol. The number of aryl methyl sites for hydroxylation is 1. The Bertz CT molecular complexity index is 568. The molecule has 0 aliphatic rings. The molecule has 0 unspecified atom stereocenters. The molecule has 0 atom stereocenters. The topological polar surface area (TPSA) is 29.3 Å². The number of aromatic nitrogens is 1. The van der Waals surface area contributed by atoms with Gasteiger partial charge >= 0.3 is 0 Å². The molecule has 96 valence electrons. The molecule has 3 nitrogen and oxygen atoms in total. The van der Waals surface area contributed by atoms with E-state index in [0.29, 0.717) is 11.8 Å². The molecule has 2 aromatic heterocycles. The van der Waals surface area contributed by atoms with E-state index in [1.165, 1.54) is 11.9 Å². The number of halogens is 3. The number of rotatable bonds is 3. The average Bonchev–Trinajstić information content (AvgIpc) is 2.69. The van der Waals surface area contributed by atoms with Crippen LogP contribution in [0.5, 0.6) is 0 Å². The molecule has 18 heavy (non-hydrogen) atoms. The van der Waals surface area contributed by atoms with Crippen LogP contribution in [0.3, 0.4) is 0 Å². The molecule has 2 heterocycles. The standard InChI is InChI=1S/C12H11F3N2O/c1-7-3-4-8(18-7)6-17(2)12-10(14)5-9(13)11(15)16-12/h3-5H,6H2,1-2H3. The van der Waals surface area contributed by atoms with Crippen LogP contribution in [-0.2, 0) is 6.54 Å². The zero-order chi connectivity index (χ0) is 13.3. The van der Waals surface area contributed by atoms with Crippen LogP contribution in [0.25, 0.3) is 0 Å². The Balaban J connectivity index is 2.23. The summed E-state index contributed by atoms with van der Waals surface area (Å²) in [6, 6.07) is 3.96. The molecule has 0 saturated carbocycles. The first-order valence-corrected chi connectivity index (χ1v) is 5.25. The fourth-order valence-corrected chi connectivity index (χ4v) is 1.58. The summed E-state index contributed by atoms with van der Waals surface area (Å²) in [4.78, 5) is 4.59. The van der Waals surface area contributed by atoms with Crippen molar-refractivity contribution in [3.8, 4) is 0 Å². The summed E-state index contributed by atoms with van der Waals surface area (Å²) in [5.74, 6) is -2.51. The third-order valence-corrected chi connectivity index (χ3v) is 2.42. The fourth-order valence-electron chi connectivity index (χ4n) is 1.58. The van der Waals surface area contributed by atoms with Gasteiger partial charge in [-0.05, 0) is 19.1 Å². The molecule has 2 rings (SSSR count). The smallest absolute Gasteiger partial charge is 0.251 e. The maximum absolute atomic E-state index is 13.4. The fraction of sp³-hybridized carbons (Fsp3) is 0.250. The number of anilines is 1. The van der Waals surface area contributed by atoms with Crippen molar-refractivity contribution < 1.29 is 17.6 Å². The van der Waals surface area contributed by atoms with Gasteiger partial charge in [-0.3, -0.25) is 0 Å². The average molecular weight is 256 g/mol. The van der Waals surface area contributed by atoms with Crippen molar-refractivity contribution in [3.05, 3.63) is 47.3 Å². The summed E-state index contributed by atoms with van der Waals surface area (Å²) in [5.41, 5.74) is 0. The minimum atomic E-state index is -1.33. The predicted octanol–water partition coefficient (Wildman–Crippen LogP) is 3.04. The zero-order valence-electron chi connectivity index (χ0n) is 9.88. The molecule has 0 aromatic carbocycles. The second kappa shape index (κ2) is 4.72. The lowest BCUT2D eigenvalue weighted by Crippen LogP contribution is -2.19. The predicted molar refractivity (Wildman–Crippen MR) is 59.7 cm³/mol. The molecule has 0 spiro atoms. The third-order valence-electron chi connectivity index (χ3n) is 2.42. The van der Waals surface area contributed by atoms with Gasteiger partial charge in [0.2, 0.25) is 0 Å². The van der Waals surface area contributed by atoms with E-state index >= 15 is 0 Å². The van der Waals surface area contributed by atoms with Crippen molar-refractivity contribution in [2.45, 2.75) is 13.5 Å². The van der Waals surface area contributed by atoms with Gasteiger partial charge in [0.1, 0.15) is 11.5 Å². The summed E-state index contributed by atoms with van der Waals surface area (Å²) in [7, 11) is 1.51. The molecule has 2 aromatic rings. The molecule has 0 fully saturated rings. The Hall–Kier alpha value is -1.98. The van der Waals surface area contributed by atoms with E-state index in [9.17, 15) is 13.2 Å².